The maximum atomic E-state index is 11.1. The lowest BCUT2D eigenvalue weighted by atomic mass is 9.85. The molecule has 17 heteroatoms. The number of nitrogens with two attached hydrogens (primary N) is 3. The number of carbonyl (C=O) groups is 1. The summed E-state index contributed by atoms with van der Waals surface area (Å²) in [5, 5.41) is 34.8. The van der Waals surface area contributed by atoms with Gasteiger partial charge in [0.25, 0.3) is 0 Å². The molecule has 3 heterocycles. The molecule has 154 valence electrons. The molecule has 5 atom stereocenters. The number of aliphatic hydroxyl groups is 2. The zero-order valence-corrected chi connectivity index (χ0v) is 14.4. The molecular weight excluding hydrogens is 394 g/mol. The highest BCUT2D eigenvalue weighted by molar-refractivity contribution is 7.80. The van der Waals surface area contributed by atoms with Gasteiger partial charge in [-0.1, -0.05) is 0 Å². The highest BCUT2D eigenvalue weighted by atomic mass is 32.3. The number of rotatable bonds is 4. The molecule has 27 heavy (non-hydrogen) atoms. The van der Waals surface area contributed by atoms with Crippen molar-refractivity contribution in [2.45, 2.75) is 35.9 Å². The van der Waals surface area contributed by atoms with E-state index in [-0.39, 0.29) is 5.96 Å². The second-order valence-corrected chi connectivity index (χ2v) is 7.28. The van der Waals surface area contributed by atoms with Crippen molar-refractivity contribution in [3.05, 3.63) is 0 Å². The minimum absolute atomic E-state index is 0.295. The third-order valence-corrected chi connectivity index (χ3v) is 5.25. The van der Waals surface area contributed by atoms with Gasteiger partial charge in [0.2, 0.25) is 5.79 Å². The van der Waals surface area contributed by atoms with E-state index >= 15 is 0 Å². The first-order chi connectivity index (χ1) is 12.3. The zero-order valence-electron chi connectivity index (χ0n) is 13.5. The molecule has 0 aromatic rings. The summed E-state index contributed by atoms with van der Waals surface area (Å²) in [5.41, 5.74) is 14.4. The third kappa shape index (κ3) is 2.88. The van der Waals surface area contributed by atoms with Crippen molar-refractivity contribution in [2.75, 3.05) is 13.2 Å². The van der Waals surface area contributed by atoms with Crippen molar-refractivity contribution in [1.82, 2.24) is 15.3 Å². The van der Waals surface area contributed by atoms with Crippen LogP contribution in [-0.2, 0) is 19.3 Å². The lowest BCUT2D eigenvalue weighted by Crippen LogP contribution is -2.83. The molecule has 1 unspecified atom stereocenters. The van der Waals surface area contributed by atoms with Gasteiger partial charge in [0.05, 0.1) is 6.04 Å². The molecule has 3 aliphatic rings. The van der Waals surface area contributed by atoms with Crippen LogP contribution in [0.1, 0.15) is 0 Å². The molecule has 0 aromatic heterocycles. The average molecular weight is 413 g/mol. The molecule has 0 bridgehead atoms. The van der Waals surface area contributed by atoms with E-state index in [9.17, 15) is 28.6 Å². The first-order valence-electron chi connectivity index (χ1n) is 7.45. The number of carbonyl (C=O) groups excluding carboxylic acids is 1. The Morgan fingerprint density at radius 3 is 2.63 bits per heavy atom. The number of nitrogens with zero attached hydrogens (tertiary/aromatic N) is 3. The summed E-state index contributed by atoms with van der Waals surface area (Å²) in [7, 11) is -5.08. The molecule has 0 aliphatic carbocycles. The smallest absolute Gasteiger partial charge is 0.404 e. The Morgan fingerprint density at radius 2 is 2.07 bits per heavy atom. The van der Waals surface area contributed by atoms with Gasteiger partial charge < -0.3 is 42.7 Å². The second-order valence-electron chi connectivity index (χ2n) is 6.23. The predicted molar refractivity (Wildman–Crippen MR) is 82.5 cm³/mol. The van der Waals surface area contributed by atoms with E-state index in [1.54, 1.807) is 0 Å². The molecule has 0 saturated carbocycles. The zero-order chi connectivity index (χ0) is 20.4. The third-order valence-electron chi connectivity index (χ3n) is 4.78. The van der Waals surface area contributed by atoms with Gasteiger partial charge in [-0.05, 0) is 0 Å². The molecule has 16 nitrogen and oxygen atoms in total. The van der Waals surface area contributed by atoms with Crippen LogP contribution in [0.15, 0.2) is 4.99 Å². The van der Waals surface area contributed by atoms with Crippen molar-refractivity contribution >= 4 is 22.5 Å². The lowest BCUT2D eigenvalue weighted by molar-refractivity contribution is -0.312. The van der Waals surface area contributed by atoms with Gasteiger partial charge in [0.1, 0.15) is 25.0 Å². The quantitative estimate of drug-likeness (QED) is 0.158. The van der Waals surface area contributed by atoms with Gasteiger partial charge in [-0.3, -0.25) is 4.55 Å². The maximum Gasteiger partial charge on any atom is 0.404 e. The Labute approximate surface area is 152 Å². The monoisotopic (exact) mass is 413 g/mol. The fourth-order valence-electron chi connectivity index (χ4n) is 3.75. The van der Waals surface area contributed by atoms with E-state index in [0.717, 1.165) is 4.90 Å². The summed E-state index contributed by atoms with van der Waals surface area (Å²) >= 11 is 0. The Bertz CT molecular complexity index is 775. The van der Waals surface area contributed by atoms with Crippen LogP contribution in [0.5, 0.6) is 0 Å². The van der Waals surface area contributed by atoms with Crippen LogP contribution in [0, 0.1) is 0 Å². The van der Waals surface area contributed by atoms with Crippen molar-refractivity contribution in [3.63, 3.8) is 0 Å². The highest BCUT2D eigenvalue weighted by Gasteiger charge is 2.76. The number of hydroxylamine groups is 2. The molecule has 11 N–H and O–H groups in total. The normalized spacial score (nSPS) is 38.6. The molecule has 0 radical (unpaired) electrons. The highest BCUT2D eigenvalue weighted by Crippen LogP contribution is 2.47. The molecule has 3 aliphatic heterocycles. The van der Waals surface area contributed by atoms with Gasteiger partial charge >= 0.3 is 16.5 Å². The lowest BCUT2D eigenvalue weighted by Gasteiger charge is -2.54. The predicted octanol–water partition coefficient (Wildman–Crippen LogP) is -5.44. The number of primary amides is 1. The van der Waals surface area contributed by atoms with E-state index in [1.165, 1.54) is 0 Å². The second kappa shape index (κ2) is 6.09. The largest absolute Gasteiger partial charge is 0.448 e. The van der Waals surface area contributed by atoms with Crippen LogP contribution in [-0.4, -0.2) is 99.5 Å². The van der Waals surface area contributed by atoms with Gasteiger partial charge in [-0.15, -0.1) is 0 Å². The number of nitrogens with one attached hydrogen (secondary N) is 1. The SMILES string of the molecule is NC(=O)OC[C@H]1[C@@H]2N=C(N)N[C@]23N(C[C@@H](OS(=O)(=O)O)C3(O)O)C(N)N1O. The van der Waals surface area contributed by atoms with E-state index in [0.29, 0.717) is 5.06 Å². The van der Waals surface area contributed by atoms with Crippen LogP contribution in [0.25, 0.3) is 0 Å². The topological polar surface area (TPSA) is 260 Å². The molecule has 1 spiro atoms. The van der Waals surface area contributed by atoms with Gasteiger partial charge in [-0.25, -0.2) is 18.9 Å². The van der Waals surface area contributed by atoms with Crippen molar-refractivity contribution < 1.29 is 42.1 Å². The van der Waals surface area contributed by atoms with Crippen molar-refractivity contribution in [3.8, 4) is 0 Å². The van der Waals surface area contributed by atoms with E-state index in [4.69, 9.17) is 21.8 Å². The van der Waals surface area contributed by atoms with Crippen LogP contribution in [0.4, 0.5) is 4.79 Å². The standard InChI is InChI=1S/C10H19N7O9S/c11-6-14-5-3(2-25-8(13)18)17(21)7(12)16-1-4(26-27(22,23)24)10(19,20)9(5,16)15-6/h3-5,7,19-21H,1-2,12H2,(H2,13,18)(H3,11,14,15)(H,22,23,24)/t3-,4+,5-,7?,9-/m0/s1. The molecule has 3 rings (SSSR count). The molecular formula is C10H19N7O9S. The first kappa shape index (κ1) is 19.9. The van der Waals surface area contributed by atoms with Crippen LogP contribution in [0.3, 0.4) is 0 Å². The molecule has 0 aromatic carbocycles. The minimum atomic E-state index is -5.08. The van der Waals surface area contributed by atoms with Gasteiger partial charge in [0, 0.05) is 6.54 Å². The van der Waals surface area contributed by atoms with Gasteiger partial charge in [0.15, 0.2) is 11.6 Å². The summed E-state index contributed by atoms with van der Waals surface area (Å²) in [5.74, 6) is -3.32. The number of guanidine groups is 1. The fourth-order valence-corrected chi connectivity index (χ4v) is 4.24. The van der Waals surface area contributed by atoms with Crippen LogP contribution in [0.2, 0.25) is 0 Å². The number of amides is 1. The summed E-state index contributed by atoms with van der Waals surface area (Å²) < 4.78 is 40.1. The molecule has 1 amide bonds. The first-order valence-corrected chi connectivity index (χ1v) is 8.81. The summed E-state index contributed by atoms with van der Waals surface area (Å²) in [6, 6.07) is -2.58. The van der Waals surface area contributed by atoms with E-state index in [1.807, 2.05) is 0 Å². The van der Waals surface area contributed by atoms with Crippen molar-refractivity contribution in [2.24, 2.45) is 22.2 Å². The summed E-state index contributed by atoms with van der Waals surface area (Å²) in [4.78, 5) is 15.9. The maximum absolute atomic E-state index is 11.1. The number of ether oxygens (including phenoxy) is 1. The number of aliphatic imine (C=N–C) groups is 1. The molecule has 2 saturated heterocycles. The Hall–Kier alpha value is -1.83. The fraction of sp³-hybridized carbons (Fsp3) is 0.800. The van der Waals surface area contributed by atoms with Gasteiger partial charge in [-0.2, -0.15) is 13.5 Å². The Balaban J connectivity index is 2.05. The Morgan fingerprint density at radius 1 is 1.44 bits per heavy atom. The van der Waals surface area contributed by atoms with E-state index < -0.39 is 65.6 Å². The average Bonchev–Trinajstić information content (AvgIpc) is 2.96. The van der Waals surface area contributed by atoms with Crippen LogP contribution < -0.4 is 22.5 Å². The van der Waals surface area contributed by atoms with E-state index in [2.05, 4.69) is 19.2 Å². The minimum Gasteiger partial charge on any atom is -0.448 e. The summed E-state index contributed by atoms with van der Waals surface area (Å²) in [6.07, 6.45) is -4.57. The molecule has 2 fully saturated rings. The summed E-state index contributed by atoms with van der Waals surface area (Å²) in [6.45, 7) is -1.13. The number of hydrogen-bond acceptors (Lipinski definition) is 14. The van der Waals surface area contributed by atoms with Crippen molar-refractivity contribution in [1.29, 1.82) is 0 Å². The van der Waals surface area contributed by atoms with Crippen LogP contribution >= 0.6 is 0 Å². The Kier molecular flexibility index (Phi) is 4.49. The number of hydrogen-bond donors (Lipinski definition) is 8.